The van der Waals surface area contributed by atoms with Crippen LogP contribution in [0, 0.1) is 6.92 Å². The van der Waals surface area contributed by atoms with Crippen molar-refractivity contribution in [2.75, 3.05) is 12.4 Å². The van der Waals surface area contributed by atoms with Crippen LogP contribution in [0.2, 0.25) is 0 Å². The van der Waals surface area contributed by atoms with E-state index < -0.39 is 0 Å². The average molecular weight is 393 g/mol. The zero-order valence-electron chi connectivity index (χ0n) is 16.3. The van der Waals surface area contributed by atoms with Crippen LogP contribution in [0.25, 0.3) is 33.1 Å². The van der Waals surface area contributed by atoms with Crippen LogP contribution >= 0.6 is 11.8 Å². The topological polar surface area (TPSA) is 58.1 Å². The van der Waals surface area contributed by atoms with Crippen molar-refractivity contribution in [3.8, 4) is 16.9 Å². The standard InChI is InChI=1S/C23H24N2O2S/c1-4-28-17-7-5-6-16(11-17)18-8-9-20(27-15(3)13-26)22-21(18)19-10-14(2)12-24-23(19)25-22/h5-12,15,26H,4,13H2,1-3H3,(H,24,25). The summed E-state index contributed by atoms with van der Waals surface area (Å²) in [5.74, 6) is 1.77. The van der Waals surface area contributed by atoms with Crippen LogP contribution in [0.4, 0.5) is 0 Å². The number of nitrogens with zero attached hydrogens (tertiary/aromatic N) is 1. The van der Waals surface area contributed by atoms with E-state index in [-0.39, 0.29) is 12.7 Å². The molecule has 4 aromatic rings. The van der Waals surface area contributed by atoms with E-state index in [1.54, 1.807) is 0 Å². The lowest BCUT2D eigenvalue weighted by Crippen LogP contribution is -2.16. The molecule has 0 fully saturated rings. The minimum Gasteiger partial charge on any atom is -0.486 e. The number of fused-ring (bicyclic) bond motifs is 3. The van der Waals surface area contributed by atoms with Gasteiger partial charge in [-0.2, -0.15) is 0 Å². The number of nitrogens with one attached hydrogen (secondary N) is 1. The van der Waals surface area contributed by atoms with Gasteiger partial charge in [0.05, 0.1) is 12.1 Å². The molecule has 0 saturated heterocycles. The first-order valence-corrected chi connectivity index (χ1v) is 10.5. The molecular formula is C23H24N2O2S. The zero-order chi connectivity index (χ0) is 19.7. The molecule has 1 unspecified atom stereocenters. The molecule has 4 rings (SSSR count). The molecule has 5 heteroatoms. The predicted octanol–water partition coefficient (Wildman–Crippen LogP) is 5.56. The monoisotopic (exact) mass is 392 g/mol. The minimum atomic E-state index is -0.278. The third-order valence-corrected chi connectivity index (χ3v) is 5.62. The second-order valence-electron chi connectivity index (χ2n) is 6.97. The number of aromatic amines is 1. The Morgan fingerprint density at radius 2 is 2.07 bits per heavy atom. The molecule has 0 aliphatic heterocycles. The Morgan fingerprint density at radius 3 is 2.86 bits per heavy atom. The molecule has 2 heterocycles. The van der Waals surface area contributed by atoms with Crippen LogP contribution in [0.15, 0.2) is 53.6 Å². The van der Waals surface area contributed by atoms with E-state index in [0.29, 0.717) is 0 Å². The summed E-state index contributed by atoms with van der Waals surface area (Å²) in [7, 11) is 0. The van der Waals surface area contributed by atoms with Crippen molar-refractivity contribution in [3.05, 3.63) is 54.2 Å². The van der Waals surface area contributed by atoms with Crippen molar-refractivity contribution >= 4 is 33.7 Å². The molecule has 0 bridgehead atoms. The van der Waals surface area contributed by atoms with E-state index >= 15 is 0 Å². The lowest BCUT2D eigenvalue weighted by molar-refractivity contribution is 0.131. The van der Waals surface area contributed by atoms with E-state index in [0.717, 1.165) is 44.6 Å². The van der Waals surface area contributed by atoms with E-state index in [1.165, 1.54) is 10.5 Å². The third-order valence-electron chi connectivity index (χ3n) is 4.75. The van der Waals surface area contributed by atoms with Gasteiger partial charge in [0.15, 0.2) is 0 Å². The maximum atomic E-state index is 9.41. The van der Waals surface area contributed by atoms with Gasteiger partial charge in [-0.05, 0) is 66.6 Å². The summed E-state index contributed by atoms with van der Waals surface area (Å²) in [6.45, 7) is 6.04. The van der Waals surface area contributed by atoms with Gasteiger partial charge in [0.25, 0.3) is 0 Å². The number of hydrogen-bond donors (Lipinski definition) is 2. The molecule has 0 aliphatic carbocycles. The predicted molar refractivity (Wildman–Crippen MR) is 117 cm³/mol. The molecule has 0 radical (unpaired) electrons. The lowest BCUT2D eigenvalue weighted by atomic mass is 9.99. The van der Waals surface area contributed by atoms with E-state index in [2.05, 4.69) is 60.2 Å². The Balaban J connectivity index is 1.99. The molecule has 0 spiro atoms. The highest BCUT2D eigenvalue weighted by Gasteiger charge is 2.17. The molecular weight excluding hydrogens is 368 g/mol. The summed E-state index contributed by atoms with van der Waals surface area (Å²) in [5, 5.41) is 11.6. The van der Waals surface area contributed by atoms with Crippen LogP contribution in [-0.2, 0) is 0 Å². The van der Waals surface area contributed by atoms with E-state index in [4.69, 9.17) is 4.74 Å². The average Bonchev–Trinajstić information content (AvgIpc) is 3.08. The van der Waals surface area contributed by atoms with Crippen molar-refractivity contribution < 1.29 is 9.84 Å². The molecule has 0 amide bonds. The number of benzene rings is 2. The lowest BCUT2D eigenvalue weighted by Gasteiger charge is -2.14. The van der Waals surface area contributed by atoms with Gasteiger partial charge in [-0.15, -0.1) is 11.8 Å². The van der Waals surface area contributed by atoms with Crippen molar-refractivity contribution in [3.63, 3.8) is 0 Å². The quantitative estimate of drug-likeness (QED) is 0.422. The molecule has 28 heavy (non-hydrogen) atoms. The molecule has 144 valence electrons. The highest BCUT2D eigenvalue weighted by Crippen LogP contribution is 2.40. The van der Waals surface area contributed by atoms with Crippen molar-refractivity contribution in [2.45, 2.75) is 31.8 Å². The van der Waals surface area contributed by atoms with Crippen LogP contribution in [0.3, 0.4) is 0 Å². The number of pyridine rings is 1. The molecule has 0 aliphatic rings. The van der Waals surface area contributed by atoms with Crippen LogP contribution < -0.4 is 4.74 Å². The molecule has 2 aromatic heterocycles. The summed E-state index contributed by atoms with van der Waals surface area (Å²) >= 11 is 1.84. The van der Waals surface area contributed by atoms with Gasteiger partial charge < -0.3 is 14.8 Å². The Hall–Kier alpha value is -2.50. The Morgan fingerprint density at radius 1 is 1.21 bits per heavy atom. The Kier molecular flexibility index (Phi) is 5.29. The van der Waals surface area contributed by atoms with Gasteiger partial charge in [-0.25, -0.2) is 4.98 Å². The van der Waals surface area contributed by atoms with E-state index in [1.807, 2.05) is 30.9 Å². The van der Waals surface area contributed by atoms with Gasteiger partial charge in [-0.3, -0.25) is 0 Å². The van der Waals surface area contributed by atoms with Crippen LogP contribution in [0.1, 0.15) is 19.4 Å². The maximum Gasteiger partial charge on any atom is 0.144 e. The van der Waals surface area contributed by atoms with Crippen molar-refractivity contribution in [1.29, 1.82) is 0 Å². The second-order valence-corrected chi connectivity index (χ2v) is 8.30. The van der Waals surface area contributed by atoms with Crippen molar-refractivity contribution in [1.82, 2.24) is 9.97 Å². The highest BCUT2D eigenvalue weighted by molar-refractivity contribution is 7.99. The summed E-state index contributed by atoms with van der Waals surface area (Å²) in [5.41, 5.74) is 5.20. The van der Waals surface area contributed by atoms with Crippen LogP contribution in [-0.4, -0.2) is 33.5 Å². The van der Waals surface area contributed by atoms with Gasteiger partial charge in [0.2, 0.25) is 0 Å². The number of ether oxygens (including phenoxy) is 1. The van der Waals surface area contributed by atoms with Gasteiger partial charge in [0, 0.05) is 21.9 Å². The first-order chi connectivity index (χ1) is 13.6. The normalized spacial score (nSPS) is 12.6. The smallest absolute Gasteiger partial charge is 0.144 e. The number of rotatable bonds is 6. The second kappa shape index (κ2) is 7.86. The Bertz CT molecular complexity index is 1140. The van der Waals surface area contributed by atoms with E-state index in [9.17, 15) is 5.11 Å². The first-order valence-electron chi connectivity index (χ1n) is 9.52. The third kappa shape index (κ3) is 3.48. The summed E-state index contributed by atoms with van der Waals surface area (Å²) in [6, 6.07) is 14.9. The maximum absolute atomic E-state index is 9.41. The number of hydrogen-bond acceptors (Lipinski definition) is 4. The minimum absolute atomic E-state index is 0.0306. The molecule has 2 N–H and O–H groups in total. The molecule has 4 nitrogen and oxygen atoms in total. The first kappa shape index (κ1) is 18.8. The summed E-state index contributed by atoms with van der Waals surface area (Å²) in [6.07, 6.45) is 1.59. The fourth-order valence-corrected chi connectivity index (χ4v) is 4.20. The summed E-state index contributed by atoms with van der Waals surface area (Å²) < 4.78 is 5.98. The molecule has 2 aromatic carbocycles. The fraction of sp³-hybridized carbons (Fsp3) is 0.261. The summed E-state index contributed by atoms with van der Waals surface area (Å²) in [4.78, 5) is 9.27. The van der Waals surface area contributed by atoms with Gasteiger partial charge in [0.1, 0.15) is 17.5 Å². The largest absolute Gasteiger partial charge is 0.486 e. The number of H-pyrrole nitrogens is 1. The van der Waals surface area contributed by atoms with Gasteiger partial charge in [-0.1, -0.05) is 19.1 Å². The highest BCUT2D eigenvalue weighted by atomic mass is 32.2. The Labute approximate surface area is 169 Å². The molecule has 0 saturated carbocycles. The van der Waals surface area contributed by atoms with Crippen LogP contribution in [0.5, 0.6) is 5.75 Å². The van der Waals surface area contributed by atoms with Gasteiger partial charge >= 0.3 is 0 Å². The number of aliphatic hydroxyl groups is 1. The SMILES string of the molecule is CCSc1cccc(-c2ccc(OC(C)CO)c3[nH]c4ncc(C)cc4c23)c1. The zero-order valence-corrected chi connectivity index (χ0v) is 17.1. The fourth-order valence-electron chi connectivity index (χ4n) is 3.48. The number of aromatic nitrogens is 2. The van der Waals surface area contributed by atoms with Crippen molar-refractivity contribution in [2.24, 2.45) is 0 Å². The number of aliphatic hydroxyl groups excluding tert-OH is 1. The molecule has 1 atom stereocenters. The number of aryl methyl sites for hydroxylation is 1. The number of thioether (sulfide) groups is 1.